The number of anilines is 1. The Morgan fingerprint density at radius 1 is 1.11 bits per heavy atom. The molecule has 0 atom stereocenters. The number of rotatable bonds is 3. The number of carbonyl (C=O) groups is 1. The molecule has 5 aromatic rings. The van der Waals surface area contributed by atoms with Gasteiger partial charge in [-0.3, -0.25) is 14.2 Å². The molecule has 3 aromatic heterocycles. The van der Waals surface area contributed by atoms with Crippen molar-refractivity contribution in [2.45, 2.75) is 32.8 Å². The molecule has 2 aromatic carbocycles. The second kappa shape index (κ2) is 10.6. The smallest absolute Gasteiger partial charge is 0.264 e. The number of nitrogen functional groups attached to an aromatic ring is 1. The Labute approximate surface area is 219 Å². The molecule has 0 unspecified atom stereocenters. The lowest BCUT2D eigenvalue weighted by Crippen LogP contribution is -2.22. The molecule has 9 heteroatoms. The van der Waals surface area contributed by atoms with Crippen LogP contribution >= 0.6 is 0 Å². The van der Waals surface area contributed by atoms with Crippen molar-refractivity contribution in [2.24, 2.45) is 5.73 Å². The third-order valence-corrected chi connectivity index (χ3v) is 5.67. The fourth-order valence-corrected chi connectivity index (χ4v) is 4.00. The fourth-order valence-electron chi connectivity index (χ4n) is 4.00. The molecular formula is C29H28N6O3. The Kier molecular flexibility index (Phi) is 7.28. The first kappa shape index (κ1) is 26.1. The van der Waals surface area contributed by atoms with E-state index in [1.54, 1.807) is 36.9 Å². The zero-order valence-electron chi connectivity index (χ0n) is 21.3. The predicted octanol–water partition coefficient (Wildman–Crippen LogP) is 3.09. The molecule has 5 N–H and O–H groups in total. The maximum atomic E-state index is 13.3. The van der Waals surface area contributed by atoms with Gasteiger partial charge in [-0.25, -0.2) is 9.50 Å². The third kappa shape index (κ3) is 5.40. The van der Waals surface area contributed by atoms with E-state index in [4.69, 9.17) is 11.5 Å². The monoisotopic (exact) mass is 508 g/mol. The number of fused-ring (bicyclic) bond motifs is 2. The highest BCUT2D eigenvalue weighted by atomic mass is 16.3. The van der Waals surface area contributed by atoms with E-state index in [0.717, 1.165) is 23.2 Å². The molecule has 0 spiro atoms. The van der Waals surface area contributed by atoms with Gasteiger partial charge in [-0.1, -0.05) is 49.1 Å². The summed E-state index contributed by atoms with van der Waals surface area (Å²) in [6.45, 7) is 5.29. The zero-order chi connectivity index (χ0) is 27.4. The van der Waals surface area contributed by atoms with E-state index in [9.17, 15) is 14.7 Å². The number of para-hydroxylation sites is 1. The Morgan fingerprint density at radius 3 is 2.50 bits per heavy atom. The second-order valence-corrected chi connectivity index (χ2v) is 9.06. The van der Waals surface area contributed by atoms with Crippen LogP contribution in [0.2, 0.25) is 0 Å². The summed E-state index contributed by atoms with van der Waals surface area (Å²) in [5.74, 6) is 5.26. The molecule has 0 saturated heterocycles. The Hall–Kier alpha value is -4.94. The minimum atomic E-state index is -1.11. The highest BCUT2D eigenvalue weighted by molar-refractivity contribution is 6.03. The van der Waals surface area contributed by atoms with Crippen LogP contribution in [0.4, 0.5) is 5.82 Å². The van der Waals surface area contributed by atoms with Gasteiger partial charge in [0.25, 0.3) is 11.5 Å². The van der Waals surface area contributed by atoms with Crippen molar-refractivity contribution in [1.82, 2.24) is 19.2 Å². The molecule has 5 rings (SSSR count). The van der Waals surface area contributed by atoms with Crippen LogP contribution in [0.5, 0.6) is 0 Å². The molecule has 0 aliphatic heterocycles. The molecule has 0 fully saturated rings. The van der Waals surface area contributed by atoms with Crippen LogP contribution in [0.15, 0.2) is 77.9 Å². The van der Waals surface area contributed by atoms with Crippen LogP contribution < -0.4 is 17.0 Å². The summed E-state index contributed by atoms with van der Waals surface area (Å²) in [6.07, 6.45) is 3.94. The van der Waals surface area contributed by atoms with Crippen molar-refractivity contribution in [2.75, 3.05) is 5.73 Å². The zero-order valence-corrected chi connectivity index (χ0v) is 21.3. The summed E-state index contributed by atoms with van der Waals surface area (Å²) in [5.41, 5.74) is 12.4. The summed E-state index contributed by atoms with van der Waals surface area (Å²) >= 11 is 0. The summed E-state index contributed by atoms with van der Waals surface area (Å²) in [7, 11) is 0. The molecule has 0 aliphatic rings. The summed E-state index contributed by atoms with van der Waals surface area (Å²) < 4.78 is 3.16. The lowest BCUT2D eigenvalue weighted by atomic mass is 10.0. The predicted molar refractivity (Wildman–Crippen MR) is 148 cm³/mol. The average molecular weight is 509 g/mol. The van der Waals surface area contributed by atoms with Crippen LogP contribution in [-0.2, 0) is 6.42 Å². The first-order chi connectivity index (χ1) is 18.1. The van der Waals surface area contributed by atoms with Gasteiger partial charge in [-0.05, 0) is 56.0 Å². The normalized spacial score (nSPS) is 10.9. The van der Waals surface area contributed by atoms with E-state index in [1.807, 2.05) is 61.5 Å². The number of pyridine rings is 1. The number of hydrogen-bond acceptors (Lipinski definition) is 6. The molecule has 0 radical (unpaired) electrons. The van der Waals surface area contributed by atoms with E-state index >= 15 is 0 Å². The standard InChI is InChI=1S/C22H21NO2.C7H7N5O/c1-4-18-15-17-10-8-9-16(13-14-22(2,3)25)20(17)21(24)23(18)19-11-6-5-7-12-19;8-5-4(6(9)13)7-10-2-1-3-12(7)11-5/h5-12,15,25H,4H2,1-3H3;1-3H,(H2,8,11)(H2,9,13). The van der Waals surface area contributed by atoms with Crippen LogP contribution in [0.25, 0.3) is 22.1 Å². The molecule has 1 amide bonds. The van der Waals surface area contributed by atoms with Crippen LogP contribution in [0.3, 0.4) is 0 Å². The molecular weight excluding hydrogens is 480 g/mol. The molecule has 0 bridgehead atoms. The minimum absolute atomic E-state index is 0.0822. The summed E-state index contributed by atoms with van der Waals surface area (Å²) in [5, 5.41) is 15.2. The van der Waals surface area contributed by atoms with Crippen molar-refractivity contribution in [3.05, 3.63) is 100 Å². The van der Waals surface area contributed by atoms with Gasteiger partial charge in [0, 0.05) is 29.3 Å². The van der Waals surface area contributed by atoms with Gasteiger partial charge >= 0.3 is 0 Å². The Balaban J connectivity index is 0.000000216. The highest BCUT2D eigenvalue weighted by Crippen LogP contribution is 2.20. The van der Waals surface area contributed by atoms with Gasteiger partial charge in [0.2, 0.25) is 0 Å². The van der Waals surface area contributed by atoms with E-state index in [1.165, 1.54) is 4.52 Å². The number of nitrogens with zero attached hydrogens (tertiary/aromatic N) is 4. The number of aliphatic hydroxyl groups is 1. The first-order valence-electron chi connectivity index (χ1n) is 12.0. The van der Waals surface area contributed by atoms with Gasteiger partial charge < -0.3 is 16.6 Å². The molecule has 3 heterocycles. The van der Waals surface area contributed by atoms with Gasteiger partial charge in [0.15, 0.2) is 11.5 Å². The minimum Gasteiger partial charge on any atom is -0.381 e. The number of amides is 1. The highest BCUT2D eigenvalue weighted by Gasteiger charge is 2.15. The van der Waals surface area contributed by atoms with Crippen molar-refractivity contribution in [1.29, 1.82) is 0 Å². The molecule has 38 heavy (non-hydrogen) atoms. The van der Waals surface area contributed by atoms with Gasteiger partial charge in [0.05, 0.1) is 5.39 Å². The first-order valence-corrected chi connectivity index (χ1v) is 12.0. The van der Waals surface area contributed by atoms with E-state index < -0.39 is 11.5 Å². The number of primary amides is 1. The van der Waals surface area contributed by atoms with Crippen LogP contribution in [0.1, 0.15) is 42.4 Å². The molecule has 192 valence electrons. The van der Waals surface area contributed by atoms with Gasteiger partial charge in [-0.2, -0.15) is 0 Å². The van der Waals surface area contributed by atoms with Crippen molar-refractivity contribution >= 4 is 28.1 Å². The lowest BCUT2D eigenvalue weighted by molar-refractivity contribution is 0.100. The molecule has 9 nitrogen and oxygen atoms in total. The molecule has 0 aliphatic carbocycles. The number of benzene rings is 2. The number of carbonyl (C=O) groups excluding carboxylic acids is 1. The number of aryl methyl sites for hydroxylation is 1. The number of aromatic nitrogens is 4. The van der Waals surface area contributed by atoms with Gasteiger partial charge in [-0.15, -0.1) is 5.10 Å². The maximum absolute atomic E-state index is 13.3. The second-order valence-electron chi connectivity index (χ2n) is 9.06. The average Bonchev–Trinajstić information content (AvgIpc) is 3.23. The van der Waals surface area contributed by atoms with Crippen LogP contribution in [-0.4, -0.2) is 35.8 Å². The Morgan fingerprint density at radius 2 is 1.84 bits per heavy atom. The topological polar surface area (TPSA) is 142 Å². The lowest BCUT2D eigenvalue weighted by Gasteiger charge is -2.14. The van der Waals surface area contributed by atoms with E-state index in [2.05, 4.69) is 21.9 Å². The summed E-state index contributed by atoms with van der Waals surface area (Å²) in [6, 6.07) is 19.0. The number of hydrogen-bond donors (Lipinski definition) is 3. The quantitative estimate of drug-likeness (QED) is 0.320. The fraction of sp³-hybridized carbons (Fsp3) is 0.172. The van der Waals surface area contributed by atoms with Crippen LogP contribution in [0, 0.1) is 11.8 Å². The Bertz CT molecular complexity index is 1750. The van der Waals surface area contributed by atoms with Crippen molar-refractivity contribution in [3.8, 4) is 17.5 Å². The van der Waals surface area contributed by atoms with Crippen molar-refractivity contribution < 1.29 is 9.90 Å². The summed E-state index contributed by atoms with van der Waals surface area (Å²) in [4.78, 5) is 28.2. The van der Waals surface area contributed by atoms with E-state index in [0.29, 0.717) is 16.6 Å². The third-order valence-electron chi connectivity index (χ3n) is 5.67. The van der Waals surface area contributed by atoms with Crippen molar-refractivity contribution in [3.63, 3.8) is 0 Å². The number of nitrogens with two attached hydrogens (primary N) is 2. The molecule has 0 saturated carbocycles. The van der Waals surface area contributed by atoms with Gasteiger partial charge in [0.1, 0.15) is 11.2 Å². The maximum Gasteiger partial charge on any atom is 0.264 e. The largest absolute Gasteiger partial charge is 0.381 e. The SMILES string of the molecule is CCc1cc2cccc(C#CC(C)(C)O)c2c(=O)n1-c1ccccc1.NC(=O)c1c(N)nn2cccnc12. The van der Waals surface area contributed by atoms with E-state index in [-0.39, 0.29) is 16.9 Å².